The van der Waals surface area contributed by atoms with Crippen LogP contribution < -0.4 is 10.1 Å². The Morgan fingerprint density at radius 3 is 2.44 bits per heavy atom. The monoisotopic (exact) mass is 273 g/mol. The average molecular weight is 274 g/mol. The van der Waals surface area contributed by atoms with Crippen molar-refractivity contribution < 1.29 is 14.9 Å². The molecule has 0 fully saturated rings. The number of hydrogen-bond acceptors (Lipinski definition) is 4. The van der Waals surface area contributed by atoms with Crippen LogP contribution in [0.2, 0.25) is 5.02 Å². The summed E-state index contributed by atoms with van der Waals surface area (Å²) in [7, 11) is 1.57. The Morgan fingerprint density at radius 2 is 2.00 bits per heavy atom. The molecule has 0 radical (unpaired) electrons. The van der Waals surface area contributed by atoms with E-state index in [0.717, 1.165) is 5.56 Å². The molecule has 0 saturated carbocycles. The van der Waals surface area contributed by atoms with E-state index < -0.39 is 5.54 Å². The lowest BCUT2D eigenvalue weighted by Crippen LogP contribution is -2.50. The van der Waals surface area contributed by atoms with Crippen molar-refractivity contribution in [1.29, 1.82) is 0 Å². The summed E-state index contributed by atoms with van der Waals surface area (Å²) in [5, 5.41) is 22.4. The molecule has 0 aliphatic heterocycles. The van der Waals surface area contributed by atoms with Crippen molar-refractivity contribution in [2.24, 2.45) is 0 Å². The second kappa shape index (κ2) is 6.95. The first-order valence-corrected chi connectivity index (χ1v) is 6.27. The zero-order chi connectivity index (χ0) is 13.6. The number of ether oxygens (including phenoxy) is 1. The molecular formula is C13H20ClNO3. The molecule has 1 aromatic carbocycles. The fourth-order valence-electron chi connectivity index (χ4n) is 1.62. The first kappa shape index (κ1) is 15.2. The minimum Gasteiger partial charge on any atom is -0.495 e. The number of nitrogens with one attached hydrogen (secondary N) is 1. The van der Waals surface area contributed by atoms with Crippen LogP contribution in [-0.2, 0) is 6.54 Å². The fraction of sp³-hybridized carbons (Fsp3) is 0.538. The molecule has 0 amide bonds. The van der Waals surface area contributed by atoms with E-state index in [2.05, 4.69) is 5.32 Å². The predicted octanol–water partition coefficient (Wildman–Crippen LogP) is 1.57. The number of aliphatic hydroxyl groups excluding tert-OH is 2. The number of methoxy groups -OCH3 is 1. The molecular weight excluding hydrogens is 254 g/mol. The lowest BCUT2D eigenvalue weighted by atomic mass is 9.98. The Labute approximate surface area is 113 Å². The van der Waals surface area contributed by atoms with Crippen LogP contribution in [-0.4, -0.2) is 36.1 Å². The molecule has 1 rings (SSSR count). The van der Waals surface area contributed by atoms with E-state index >= 15 is 0 Å². The summed E-state index contributed by atoms with van der Waals surface area (Å²) >= 11 is 6.03. The van der Waals surface area contributed by atoms with Crippen LogP contribution in [0, 0.1) is 0 Å². The van der Waals surface area contributed by atoms with Crippen molar-refractivity contribution in [2.45, 2.75) is 25.4 Å². The Morgan fingerprint density at radius 1 is 1.33 bits per heavy atom. The Kier molecular flexibility index (Phi) is 5.88. The van der Waals surface area contributed by atoms with E-state index in [9.17, 15) is 10.2 Å². The summed E-state index contributed by atoms with van der Waals surface area (Å²) in [6.07, 6.45) is 0.643. The molecule has 0 spiro atoms. The van der Waals surface area contributed by atoms with Crippen LogP contribution in [0.5, 0.6) is 5.75 Å². The van der Waals surface area contributed by atoms with Crippen LogP contribution in [0.15, 0.2) is 18.2 Å². The molecule has 3 N–H and O–H groups in total. The quantitative estimate of drug-likeness (QED) is 0.706. The van der Waals surface area contributed by atoms with E-state index in [1.807, 2.05) is 19.1 Å². The van der Waals surface area contributed by atoms with E-state index in [1.165, 1.54) is 0 Å². The Balaban J connectivity index is 2.71. The number of rotatable bonds is 7. The molecule has 0 saturated heterocycles. The van der Waals surface area contributed by atoms with Crippen LogP contribution in [0.4, 0.5) is 0 Å². The second-order valence-corrected chi connectivity index (χ2v) is 4.68. The van der Waals surface area contributed by atoms with Crippen LogP contribution in [0.25, 0.3) is 0 Å². The largest absolute Gasteiger partial charge is 0.495 e. The minimum absolute atomic E-state index is 0.107. The molecule has 0 aliphatic rings. The highest BCUT2D eigenvalue weighted by Crippen LogP contribution is 2.25. The first-order chi connectivity index (χ1) is 8.60. The van der Waals surface area contributed by atoms with E-state index in [-0.39, 0.29) is 13.2 Å². The maximum atomic E-state index is 9.32. The molecule has 102 valence electrons. The zero-order valence-electron chi connectivity index (χ0n) is 10.7. The third-order valence-electron chi connectivity index (χ3n) is 3.17. The standard InChI is InChI=1S/C13H20ClNO3/c1-3-13(8-16,9-17)15-7-10-4-5-12(18-2)11(14)6-10/h4-6,15-17H,3,7-9H2,1-2H3. The maximum absolute atomic E-state index is 9.32. The smallest absolute Gasteiger partial charge is 0.137 e. The van der Waals surface area contributed by atoms with Gasteiger partial charge in [0, 0.05) is 6.54 Å². The lowest BCUT2D eigenvalue weighted by Gasteiger charge is -2.30. The molecule has 0 atom stereocenters. The van der Waals surface area contributed by atoms with Gasteiger partial charge in [-0.15, -0.1) is 0 Å². The van der Waals surface area contributed by atoms with Gasteiger partial charge in [-0.05, 0) is 24.1 Å². The number of aliphatic hydroxyl groups is 2. The molecule has 0 bridgehead atoms. The summed E-state index contributed by atoms with van der Waals surface area (Å²) in [4.78, 5) is 0. The van der Waals surface area contributed by atoms with Gasteiger partial charge in [0.2, 0.25) is 0 Å². The Bertz CT molecular complexity index is 372. The number of hydrogen-bond donors (Lipinski definition) is 3. The molecule has 18 heavy (non-hydrogen) atoms. The zero-order valence-corrected chi connectivity index (χ0v) is 11.5. The highest BCUT2D eigenvalue weighted by Gasteiger charge is 2.25. The van der Waals surface area contributed by atoms with Gasteiger partial charge in [-0.3, -0.25) is 0 Å². The third kappa shape index (κ3) is 3.59. The van der Waals surface area contributed by atoms with Gasteiger partial charge in [0.05, 0.1) is 30.9 Å². The summed E-state index contributed by atoms with van der Waals surface area (Å²) in [5.74, 6) is 0.631. The van der Waals surface area contributed by atoms with Crippen molar-refractivity contribution in [1.82, 2.24) is 5.32 Å². The summed E-state index contributed by atoms with van der Waals surface area (Å²) in [5.41, 5.74) is 0.326. The third-order valence-corrected chi connectivity index (χ3v) is 3.46. The molecule has 0 unspecified atom stereocenters. The van der Waals surface area contributed by atoms with Crippen molar-refractivity contribution in [2.75, 3.05) is 20.3 Å². The topological polar surface area (TPSA) is 61.7 Å². The van der Waals surface area contributed by atoms with E-state index in [1.54, 1.807) is 13.2 Å². The number of benzene rings is 1. The van der Waals surface area contributed by atoms with Crippen molar-refractivity contribution in [3.8, 4) is 5.75 Å². The van der Waals surface area contributed by atoms with Gasteiger partial charge in [-0.1, -0.05) is 24.6 Å². The van der Waals surface area contributed by atoms with Crippen LogP contribution >= 0.6 is 11.6 Å². The summed E-state index contributed by atoms with van der Waals surface area (Å²) in [6.45, 7) is 2.23. The van der Waals surface area contributed by atoms with Gasteiger partial charge in [-0.25, -0.2) is 0 Å². The maximum Gasteiger partial charge on any atom is 0.137 e. The molecule has 1 aromatic rings. The highest BCUT2D eigenvalue weighted by atomic mass is 35.5. The van der Waals surface area contributed by atoms with Gasteiger partial charge in [0.1, 0.15) is 5.75 Å². The first-order valence-electron chi connectivity index (χ1n) is 5.90. The predicted molar refractivity (Wildman–Crippen MR) is 72.0 cm³/mol. The van der Waals surface area contributed by atoms with Crippen LogP contribution in [0.3, 0.4) is 0 Å². The van der Waals surface area contributed by atoms with Crippen molar-refractivity contribution in [3.63, 3.8) is 0 Å². The van der Waals surface area contributed by atoms with Gasteiger partial charge in [-0.2, -0.15) is 0 Å². The van der Waals surface area contributed by atoms with E-state index in [0.29, 0.717) is 23.7 Å². The number of halogens is 1. The molecule has 5 heteroatoms. The lowest BCUT2D eigenvalue weighted by molar-refractivity contribution is 0.0864. The highest BCUT2D eigenvalue weighted by molar-refractivity contribution is 6.32. The average Bonchev–Trinajstić information content (AvgIpc) is 2.41. The van der Waals surface area contributed by atoms with Crippen molar-refractivity contribution in [3.05, 3.63) is 28.8 Å². The summed E-state index contributed by atoms with van der Waals surface area (Å²) < 4.78 is 5.08. The Hall–Kier alpha value is -0.810. The molecule has 0 aliphatic carbocycles. The fourth-order valence-corrected chi connectivity index (χ4v) is 1.90. The molecule has 0 aromatic heterocycles. The molecule has 0 heterocycles. The van der Waals surface area contributed by atoms with Gasteiger partial charge in [0.25, 0.3) is 0 Å². The van der Waals surface area contributed by atoms with E-state index in [4.69, 9.17) is 16.3 Å². The minimum atomic E-state index is -0.646. The SMILES string of the molecule is CCC(CO)(CO)NCc1ccc(OC)c(Cl)c1. The molecule has 4 nitrogen and oxygen atoms in total. The van der Waals surface area contributed by atoms with Gasteiger partial charge in [0.15, 0.2) is 0 Å². The second-order valence-electron chi connectivity index (χ2n) is 4.27. The van der Waals surface area contributed by atoms with Gasteiger partial charge >= 0.3 is 0 Å². The summed E-state index contributed by atoms with van der Waals surface area (Å²) in [6, 6.07) is 5.50. The van der Waals surface area contributed by atoms with Crippen LogP contribution in [0.1, 0.15) is 18.9 Å². The van der Waals surface area contributed by atoms with Crippen molar-refractivity contribution >= 4 is 11.6 Å². The van der Waals surface area contributed by atoms with Gasteiger partial charge < -0.3 is 20.3 Å². The normalized spacial score (nSPS) is 11.6.